The van der Waals surface area contributed by atoms with Crippen molar-refractivity contribution in [3.8, 4) is 11.4 Å². The standard InChI is InChI=1S/C24H23ClN4O4S/c1-4-28(5-2)34(31,32)17-11-12-19(25)18(15-17)24(30)33-23-13-10-16(3)14-22(23)29-26-20-8-6-7-9-21(20)27-29/h6-15H,4-5H2,1-3H3. The third kappa shape index (κ3) is 4.54. The second kappa shape index (κ2) is 9.54. The van der Waals surface area contributed by atoms with E-state index in [1.807, 2.05) is 31.2 Å². The van der Waals surface area contributed by atoms with Gasteiger partial charge in [-0.3, -0.25) is 0 Å². The molecule has 8 nitrogen and oxygen atoms in total. The molecule has 0 aliphatic heterocycles. The fraction of sp³-hybridized carbons (Fsp3) is 0.208. The Balaban J connectivity index is 1.71. The number of ether oxygens (including phenoxy) is 1. The van der Waals surface area contributed by atoms with E-state index in [1.54, 1.807) is 32.0 Å². The third-order valence-electron chi connectivity index (χ3n) is 5.32. The van der Waals surface area contributed by atoms with Crippen molar-refractivity contribution in [2.24, 2.45) is 0 Å². The SMILES string of the molecule is CCN(CC)S(=O)(=O)c1ccc(Cl)c(C(=O)Oc2ccc(C)cc2-n2nc3ccccc3n2)c1. The summed E-state index contributed by atoms with van der Waals surface area (Å²) < 4.78 is 32.8. The Morgan fingerprint density at radius 2 is 1.65 bits per heavy atom. The number of aromatic nitrogens is 3. The first-order valence-corrected chi connectivity index (χ1v) is 12.5. The second-order valence-electron chi connectivity index (χ2n) is 7.57. The van der Waals surface area contributed by atoms with Gasteiger partial charge in [0, 0.05) is 13.1 Å². The average Bonchev–Trinajstić information content (AvgIpc) is 3.25. The Bertz CT molecular complexity index is 1450. The number of fused-ring (bicyclic) bond motifs is 1. The summed E-state index contributed by atoms with van der Waals surface area (Å²) in [4.78, 5) is 14.5. The fourth-order valence-electron chi connectivity index (χ4n) is 3.53. The molecule has 4 rings (SSSR count). The number of carbonyl (C=O) groups is 1. The van der Waals surface area contributed by atoms with Crippen LogP contribution in [-0.2, 0) is 10.0 Å². The van der Waals surface area contributed by atoms with Crippen molar-refractivity contribution in [2.75, 3.05) is 13.1 Å². The van der Waals surface area contributed by atoms with Crippen molar-refractivity contribution in [1.29, 1.82) is 0 Å². The van der Waals surface area contributed by atoms with Crippen LogP contribution in [-0.4, -0.2) is 46.8 Å². The van der Waals surface area contributed by atoms with E-state index in [9.17, 15) is 13.2 Å². The molecule has 0 unspecified atom stereocenters. The number of hydrogen-bond acceptors (Lipinski definition) is 6. The van der Waals surface area contributed by atoms with E-state index < -0.39 is 16.0 Å². The number of rotatable bonds is 7. The van der Waals surface area contributed by atoms with Crippen LogP contribution in [0.5, 0.6) is 5.75 Å². The predicted octanol–water partition coefficient (Wildman–Crippen LogP) is 4.63. The first kappa shape index (κ1) is 23.9. The van der Waals surface area contributed by atoms with Crippen LogP contribution in [0, 0.1) is 6.92 Å². The maximum Gasteiger partial charge on any atom is 0.345 e. The van der Waals surface area contributed by atoms with E-state index in [1.165, 1.54) is 27.3 Å². The van der Waals surface area contributed by atoms with Crippen LogP contribution in [0.25, 0.3) is 16.7 Å². The highest BCUT2D eigenvalue weighted by Gasteiger charge is 2.25. The Labute approximate surface area is 202 Å². The lowest BCUT2D eigenvalue weighted by atomic mass is 10.2. The Morgan fingerprint density at radius 3 is 2.26 bits per heavy atom. The molecule has 0 radical (unpaired) electrons. The minimum atomic E-state index is -3.78. The van der Waals surface area contributed by atoms with Gasteiger partial charge < -0.3 is 4.74 Å². The summed E-state index contributed by atoms with van der Waals surface area (Å²) in [6.45, 7) is 6.00. The van der Waals surface area contributed by atoms with Gasteiger partial charge in [0.15, 0.2) is 5.75 Å². The minimum Gasteiger partial charge on any atom is -0.421 e. The van der Waals surface area contributed by atoms with Gasteiger partial charge in [0.2, 0.25) is 10.0 Å². The van der Waals surface area contributed by atoms with Crippen LogP contribution >= 0.6 is 11.6 Å². The van der Waals surface area contributed by atoms with Crippen LogP contribution in [0.3, 0.4) is 0 Å². The summed E-state index contributed by atoms with van der Waals surface area (Å²) >= 11 is 6.25. The molecule has 0 fully saturated rings. The number of halogens is 1. The van der Waals surface area contributed by atoms with Crippen molar-refractivity contribution in [2.45, 2.75) is 25.7 Å². The van der Waals surface area contributed by atoms with Gasteiger partial charge in [0.1, 0.15) is 16.7 Å². The molecular weight excluding hydrogens is 476 g/mol. The highest BCUT2D eigenvalue weighted by atomic mass is 35.5. The molecule has 0 amide bonds. The van der Waals surface area contributed by atoms with Gasteiger partial charge >= 0.3 is 5.97 Å². The Morgan fingerprint density at radius 1 is 1.00 bits per heavy atom. The molecule has 0 N–H and O–H groups in total. The number of esters is 1. The molecule has 0 aliphatic carbocycles. The highest BCUT2D eigenvalue weighted by Crippen LogP contribution is 2.28. The summed E-state index contributed by atoms with van der Waals surface area (Å²) in [6.07, 6.45) is 0. The molecule has 0 aliphatic rings. The first-order valence-electron chi connectivity index (χ1n) is 10.7. The molecule has 0 saturated heterocycles. The molecule has 3 aromatic carbocycles. The maximum absolute atomic E-state index is 13.1. The number of nitrogens with zero attached hydrogens (tertiary/aromatic N) is 4. The molecule has 1 aromatic heterocycles. The Hall–Kier alpha value is -3.27. The smallest absolute Gasteiger partial charge is 0.345 e. The van der Waals surface area contributed by atoms with Crippen LogP contribution in [0.15, 0.2) is 65.6 Å². The fourth-order valence-corrected chi connectivity index (χ4v) is 5.21. The van der Waals surface area contributed by atoms with Gasteiger partial charge in [-0.1, -0.05) is 43.6 Å². The molecule has 10 heteroatoms. The van der Waals surface area contributed by atoms with Gasteiger partial charge in [-0.15, -0.1) is 15.0 Å². The predicted molar refractivity (Wildman–Crippen MR) is 130 cm³/mol. The lowest BCUT2D eigenvalue weighted by Crippen LogP contribution is -2.30. The first-order chi connectivity index (χ1) is 16.2. The van der Waals surface area contributed by atoms with Crippen LogP contribution in [0.2, 0.25) is 5.02 Å². The summed E-state index contributed by atoms with van der Waals surface area (Å²) in [5.74, 6) is -0.576. The van der Waals surface area contributed by atoms with Gasteiger partial charge in [0.05, 0.1) is 15.5 Å². The summed E-state index contributed by atoms with van der Waals surface area (Å²) in [7, 11) is -3.78. The molecule has 176 valence electrons. The number of aryl methyl sites for hydroxylation is 1. The van der Waals surface area contributed by atoms with E-state index in [0.717, 1.165) is 5.56 Å². The molecular formula is C24H23ClN4O4S. The van der Waals surface area contributed by atoms with E-state index in [2.05, 4.69) is 10.2 Å². The molecule has 4 aromatic rings. The van der Waals surface area contributed by atoms with E-state index in [4.69, 9.17) is 16.3 Å². The normalized spacial score (nSPS) is 11.8. The molecule has 0 atom stereocenters. The lowest BCUT2D eigenvalue weighted by molar-refractivity contribution is 0.0734. The lowest BCUT2D eigenvalue weighted by Gasteiger charge is -2.19. The van der Waals surface area contributed by atoms with Crippen molar-refractivity contribution in [1.82, 2.24) is 19.3 Å². The molecule has 0 spiro atoms. The van der Waals surface area contributed by atoms with Gasteiger partial charge in [-0.05, 0) is 55.0 Å². The summed E-state index contributed by atoms with van der Waals surface area (Å²) in [5, 5.41) is 9.02. The number of hydrogen-bond donors (Lipinski definition) is 0. The molecule has 1 heterocycles. The largest absolute Gasteiger partial charge is 0.421 e. The summed E-state index contributed by atoms with van der Waals surface area (Å²) in [6, 6.07) is 16.6. The Kier molecular flexibility index (Phi) is 6.70. The number of carbonyl (C=O) groups excluding carboxylic acids is 1. The van der Waals surface area contributed by atoms with Crippen LogP contribution < -0.4 is 4.74 Å². The second-order valence-corrected chi connectivity index (χ2v) is 9.91. The number of sulfonamides is 1. The third-order valence-corrected chi connectivity index (χ3v) is 7.70. The maximum atomic E-state index is 13.1. The van der Waals surface area contributed by atoms with E-state index in [0.29, 0.717) is 29.8 Å². The van der Waals surface area contributed by atoms with Crippen molar-refractivity contribution in [3.63, 3.8) is 0 Å². The van der Waals surface area contributed by atoms with Gasteiger partial charge in [-0.25, -0.2) is 13.2 Å². The zero-order chi connectivity index (χ0) is 24.5. The molecule has 34 heavy (non-hydrogen) atoms. The molecule has 0 bridgehead atoms. The topological polar surface area (TPSA) is 94.4 Å². The zero-order valence-corrected chi connectivity index (χ0v) is 20.5. The summed E-state index contributed by atoms with van der Waals surface area (Å²) in [5.41, 5.74) is 2.71. The van der Waals surface area contributed by atoms with Gasteiger partial charge in [-0.2, -0.15) is 4.31 Å². The van der Waals surface area contributed by atoms with Crippen molar-refractivity contribution < 1.29 is 17.9 Å². The minimum absolute atomic E-state index is 0.0309. The highest BCUT2D eigenvalue weighted by molar-refractivity contribution is 7.89. The zero-order valence-electron chi connectivity index (χ0n) is 18.9. The molecule has 0 saturated carbocycles. The van der Waals surface area contributed by atoms with E-state index in [-0.39, 0.29) is 21.2 Å². The van der Waals surface area contributed by atoms with Crippen LogP contribution in [0.4, 0.5) is 0 Å². The monoisotopic (exact) mass is 498 g/mol. The quantitative estimate of drug-likeness (QED) is 0.272. The average molecular weight is 499 g/mol. The van der Waals surface area contributed by atoms with Crippen molar-refractivity contribution >= 4 is 38.6 Å². The van der Waals surface area contributed by atoms with Gasteiger partial charge in [0.25, 0.3) is 0 Å². The van der Waals surface area contributed by atoms with Crippen molar-refractivity contribution in [3.05, 3.63) is 76.8 Å². The van der Waals surface area contributed by atoms with Crippen LogP contribution in [0.1, 0.15) is 29.8 Å². The van der Waals surface area contributed by atoms with E-state index >= 15 is 0 Å². The number of benzene rings is 3.